The molecule has 0 radical (unpaired) electrons. The number of hydrogen-bond donors (Lipinski definition) is 9. The van der Waals surface area contributed by atoms with Crippen molar-refractivity contribution in [3.05, 3.63) is 52.1 Å². The van der Waals surface area contributed by atoms with Gasteiger partial charge in [-0.05, 0) is 18.2 Å². The SMILES string of the molecule is O=C1c2ccc(O)c(O[C@@H]3O[C@H](CO[C@@H]4OC[C@@H](O)[C@H](O)[C@H]4O)[C@@H](O)[C@H](O)[C@H]3O)c2C(=O)c2ccc(CO)c(O)c21. The molecule has 1 aliphatic carbocycles. The number of phenols is 2. The van der Waals surface area contributed by atoms with Crippen LogP contribution in [0.15, 0.2) is 24.3 Å². The largest absolute Gasteiger partial charge is 0.507 e. The first-order valence-electron chi connectivity index (χ1n) is 12.5. The summed E-state index contributed by atoms with van der Waals surface area (Å²) in [7, 11) is 0. The summed E-state index contributed by atoms with van der Waals surface area (Å²) in [5, 5.41) is 91.3. The number of aromatic hydroxyl groups is 2. The topological polar surface area (TPSA) is 253 Å². The van der Waals surface area contributed by atoms with E-state index in [-0.39, 0.29) is 28.9 Å². The van der Waals surface area contributed by atoms with E-state index >= 15 is 0 Å². The summed E-state index contributed by atoms with van der Waals surface area (Å²) in [6.07, 6.45) is -14.9. The highest BCUT2D eigenvalue weighted by Crippen LogP contribution is 2.43. The summed E-state index contributed by atoms with van der Waals surface area (Å²) in [6.45, 7) is -1.54. The van der Waals surface area contributed by atoms with Crippen LogP contribution in [0.3, 0.4) is 0 Å². The van der Waals surface area contributed by atoms with E-state index in [1.54, 1.807) is 0 Å². The Labute approximate surface area is 231 Å². The Kier molecular flexibility index (Phi) is 8.01. The van der Waals surface area contributed by atoms with Crippen LogP contribution in [0.4, 0.5) is 0 Å². The molecule has 0 aromatic heterocycles. The summed E-state index contributed by atoms with van der Waals surface area (Å²) in [5.74, 6) is -3.45. The van der Waals surface area contributed by atoms with Gasteiger partial charge in [-0.1, -0.05) is 6.07 Å². The van der Waals surface area contributed by atoms with Crippen molar-refractivity contribution < 1.29 is 74.5 Å². The summed E-state index contributed by atoms with van der Waals surface area (Å²) in [6, 6.07) is 4.62. The average molecular weight is 580 g/mol. The predicted octanol–water partition coefficient (Wildman–Crippen LogP) is -2.99. The highest BCUT2D eigenvalue weighted by Gasteiger charge is 2.47. The van der Waals surface area contributed by atoms with Crippen LogP contribution in [0, 0.1) is 0 Å². The molecule has 0 bridgehead atoms. The van der Waals surface area contributed by atoms with Crippen LogP contribution >= 0.6 is 0 Å². The lowest BCUT2D eigenvalue weighted by molar-refractivity contribution is -0.307. The van der Waals surface area contributed by atoms with E-state index in [9.17, 15) is 55.5 Å². The third-order valence-electron chi connectivity index (χ3n) is 7.29. The Bertz CT molecular complexity index is 1340. The first kappa shape index (κ1) is 29.3. The first-order chi connectivity index (χ1) is 19.5. The Morgan fingerprint density at radius 1 is 0.780 bits per heavy atom. The number of ether oxygens (including phenoxy) is 4. The number of carbonyl (C=O) groups excluding carboxylic acids is 2. The zero-order valence-electron chi connectivity index (χ0n) is 21.1. The van der Waals surface area contributed by atoms with Crippen molar-refractivity contribution in [2.24, 2.45) is 0 Å². The van der Waals surface area contributed by atoms with Gasteiger partial charge in [-0.3, -0.25) is 9.59 Å². The zero-order valence-corrected chi connectivity index (χ0v) is 21.1. The van der Waals surface area contributed by atoms with Crippen molar-refractivity contribution in [2.75, 3.05) is 13.2 Å². The molecule has 222 valence electrons. The lowest BCUT2D eigenvalue weighted by atomic mass is 9.82. The van der Waals surface area contributed by atoms with Crippen LogP contribution in [-0.2, 0) is 20.8 Å². The van der Waals surface area contributed by atoms with Gasteiger partial charge >= 0.3 is 0 Å². The van der Waals surface area contributed by atoms with E-state index in [0.717, 1.165) is 12.1 Å². The molecule has 2 aromatic rings. The van der Waals surface area contributed by atoms with Crippen molar-refractivity contribution >= 4 is 11.6 Å². The fourth-order valence-electron chi connectivity index (χ4n) is 4.94. The van der Waals surface area contributed by atoms with E-state index in [1.165, 1.54) is 12.1 Å². The molecule has 41 heavy (non-hydrogen) atoms. The Hall–Kier alpha value is -3.22. The fraction of sp³-hybridized carbons (Fsp3) is 0.462. The summed E-state index contributed by atoms with van der Waals surface area (Å²) < 4.78 is 21.7. The molecule has 3 aliphatic rings. The summed E-state index contributed by atoms with van der Waals surface area (Å²) >= 11 is 0. The van der Waals surface area contributed by atoms with E-state index in [4.69, 9.17) is 18.9 Å². The van der Waals surface area contributed by atoms with Crippen LogP contribution in [0.5, 0.6) is 17.2 Å². The lowest BCUT2D eigenvalue weighted by Crippen LogP contribution is -2.61. The second-order valence-electron chi connectivity index (χ2n) is 9.86. The van der Waals surface area contributed by atoms with Crippen molar-refractivity contribution in [1.29, 1.82) is 0 Å². The van der Waals surface area contributed by atoms with Gasteiger partial charge in [0.2, 0.25) is 6.29 Å². The van der Waals surface area contributed by atoms with Crippen LogP contribution in [0.1, 0.15) is 37.4 Å². The monoisotopic (exact) mass is 580 g/mol. The number of ketones is 2. The Balaban J connectivity index is 1.41. The molecule has 0 unspecified atom stereocenters. The third-order valence-corrected chi connectivity index (χ3v) is 7.29. The third kappa shape index (κ3) is 4.95. The number of aliphatic hydroxyl groups excluding tert-OH is 7. The van der Waals surface area contributed by atoms with Gasteiger partial charge in [-0.15, -0.1) is 0 Å². The molecule has 2 aromatic carbocycles. The van der Waals surface area contributed by atoms with E-state index < -0.39 is 103 Å². The Morgan fingerprint density at radius 3 is 2.12 bits per heavy atom. The first-order valence-corrected chi connectivity index (χ1v) is 12.5. The molecule has 2 saturated heterocycles. The molecule has 0 amide bonds. The molecule has 2 heterocycles. The van der Waals surface area contributed by atoms with Crippen LogP contribution < -0.4 is 4.74 Å². The standard InChI is InChI=1S/C26H28O15/c27-5-8-1-2-9-14(16(8)30)17(31)10-3-4-11(28)24(15(10)18(9)32)41-26-23(37)21(35)20(34)13(40-26)7-39-25-22(36)19(33)12(29)6-38-25/h1-4,12-13,19-23,25-30,33-37H,5-7H2/t12-,13-,19+,20-,21+,22-,23-,25+,26+/m1/s1. The second-order valence-corrected chi connectivity index (χ2v) is 9.86. The number of benzene rings is 2. The molecule has 5 rings (SSSR count). The van der Waals surface area contributed by atoms with Gasteiger partial charge in [0.15, 0.2) is 29.4 Å². The maximum Gasteiger partial charge on any atom is 0.229 e. The Morgan fingerprint density at radius 2 is 1.41 bits per heavy atom. The van der Waals surface area contributed by atoms with E-state index in [0.29, 0.717) is 0 Å². The molecule has 2 fully saturated rings. The number of carbonyl (C=O) groups is 2. The fourth-order valence-corrected chi connectivity index (χ4v) is 4.94. The van der Waals surface area contributed by atoms with Gasteiger partial charge in [0.1, 0.15) is 48.5 Å². The maximum atomic E-state index is 13.4. The van der Waals surface area contributed by atoms with Crippen molar-refractivity contribution in [2.45, 2.75) is 61.9 Å². The van der Waals surface area contributed by atoms with E-state index in [1.807, 2.05) is 0 Å². The van der Waals surface area contributed by atoms with Crippen molar-refractivity contribution in [1.82, 2.24) is 0 Å². The van der Waals surface area contributed by atoms with Crippen LogP contribution in [0.2, 0.25) is 0 Å². The number of hydrogen-bond acceptors (Lipinski definition) is 15. The van der Waals surface area contributed by atoms with Crippen molar-refractivity contribution in [3.63, 3.8) is 0 Å². The smallest absolute Gasteiger partial charge is 0.229 e. The minimum Gasteiger partial charge on any atom is -0.507 e. The molecule has 2 aliphatic heterocycles. The molecule has 15 heteroatoms. The van der Waals surface area contributed by atoms with Gasteiger partial charge in [0.05, 0.1) is 30.9 Å². The summed E-state index contributed by atoms with van der Waals surface area (Å²) in [4.78, 5) is 26.7. The normalized spacial score (nSPS) is 33.3. The van der Waals surface area contributed by atoms with E-state index in [2.05, 4.69) is 0 Å². The van der Waals surface area contributed by atoms with Gasteiger partial charge in [-0.2, -0.15) is 0 Å². The lowest BCUT2D eigenvalue weighted by Gasteiger charge is -2.41. The molecular weight excluding hydrogens is 552 g/mol. The second kappa shape index (κ2) is 11.2. The van der Waals surface area contributed by atoms with Gasteiger partial charge in [0, 0.05) is 16.7 Å². The quantitative estimate of drug-likeness (QED) is 0.141. The minimum atomic E-state index is -1.93. The molecule has 9 N–H and O–H groups in total. The number of phenolic OH excluding ortho intramolecular Hbond substituents is 1. The highest BCUT2D eigenvalue weighted by molar-refractivity contribution is 6.30. The van der Waals surface area contributed by atoms with Gasteiger partial charge in [-0.25, -0.2) is 0 Å². The average Bonchev–Trinajstić information content (AvgIpc) is 2.95. The number of rotatable bonds is 6. The van der Waals surface area contributed by atoms with Crippen molar-refractivity contribution in [3.8, 4) is 17.2 Å². The predicted molar refractivity (Wildman–Crippen MR) is 130 cm³/mol. The number of fused-ring (bicyclic) bond motifs is 2. The molecule has 0 saturated carbocycles. The zero-order chi connectivity index (χ0) is 29.7. The highest BCUT2D eigenvalue weighted by atomic mass is 16.7. The molecule has 9 atom stereocenters. The van der Waals surface area contributed by atoms with Crippen LogP contribution in [0.25, 0.3) is 0 Å². The van der Waals surface area contributed by atoms with Crippen LogP contribution in [-0.4, -0.2) is 126 Å². The molecular formula is C26H28O15. The number of aliphatic hydroxyl groups is 7. The minimum absolute atomic E-state index is 0.0139. The molecule has 0 spiro atoms. The summed E-state index contributed by atoms with van der Waals surface area (Å²) in [5.41, 5.74) is -1.26. The maximum absolute atomic E-state index is 13.4. The van der Waals surface area contributed by atoms with Gasteiger partial charge in [0.25, 0.3) is 0 Å². The molecule has 15 nitrogen and oxygen atoms in total. The van der Waals surface area contributed by atoms with Gasteiger partial charge < -0.3 is 64.9 Å².